The molecule has 0 spiro atoms. The van der Waals surface area contributed by atoms with Crippen molar-refractivity contribution in [2.24, 2.45) is 5.92 Å². The first-order valence-electron chi connectivity index (χ1n) is 3.04. The van der Waals surface area contributed by atoms with E-state index in [9.17, 15) is 8.42 Å². The maximum absolute atomic E-state index is 10.7. The fraction of sp³-hybridized carbons (Fsp3) is 1.00. The molecular weight excluding hydrogens is 156 g/mol. The molecule has 4 nitrogen and oxygen atoms in total. The second kappa shape index (κ2) is 2.48. The second-order valence-corrected chi connectivity index (χ2v) is 4.74. The number of sulfone groups is 1. The molecule has 5 heteroatoms. The standard InChI is InChI=1S/C5H10O4S/c6-1-4-2-10(8,9)3-5(4)7/h4-7H,1-3H2/t4-,5-/m0/s1. The molecule has 1 aliphatic heterocycles. The van der Waals surface area contributed by atoms with Gasteiger partial charge in [-0.2, -0.15) is 0 Å². The molecule has 1 aliphatic rings. The van der Waals surface area contributed by atoms with Crippen LogP contribution in [0.3, 0.4) is 0 Å². The van der Waals surface area contributed by atoms with Crippen molar-refractivity contribution < 1.29 is 18.6 Å². The maximum Gasteiger partial charge on any atom is 0.153 e. The van der Waals surface area contributed by atoms with Gasteiger partial charge < -0.3 is 10.2 Å². The summed E-state index contributed by atoms with van der Waals surface area (Å²) in [6.45, 7) is -0.250. The van der Waals surface area contributed by atoms with Crippen molar-refractivity contribution in [3.63, 3.8) is 0 Å². The molecule has 1 fully saturated rings. The van der Waals surface area contributed by atoms with Gasteiger partial charge in [-0.05, 0) is 0 Å². The Kier molecular flexibility index (Phi) is 1.98. The van der Waals surface area contributed by atoms with Crippen molar-refractivity contribution in [1.29, 1.82) is 0 Å². The molecule has 1 heterocycles. The van der Waals surface area contributed by atoms with Crippen LogP contribution in [0.4, 0.5) is 0 Å². The number of aliphatic hydroxyl groups excluding tert-OH is 2. The van der Waals surface area contributed by atoms with Gasteiger partial charge in [0.2, 0.25) is 0 Å². The van der Waals surface area contributed by atoms with Crippen molar-refractivity contribution in [2.45, 2.75) is 6.10 Å². The topological polar surface area (TPSA) is 74.6 Å². The monoisotopic (exact) mass is 166 g/mol. The van der Waals surface area contributed by atoms with Crippen LogP contribution in [-0.4, -0.2) is 42.8 Å². The van der Waals surface area contributed by atoms with Crippen LogP contribution in [0.5, 0.6) is 0 Å². The Morgan fingerprint density at radius 3 is 2.20 bits per heavy atom. The summed E-state index contributed by atoms with van der Waals surface area (Å²) in [4.78, 5) is 0. The van der Waals surface area contributed by atoms with Gasteiger partial charge in [0.1, 0.15) is 0 Å². The molecule has 0 saturated carbocycles. The Morgan fingerprint density at radius 2 is 2.00 bits per heavy atom. The lowest BCUT2D eigenvalue weighted by atomic mass is 10.1. The molecule has 2 atom stereocenters. The molecule has 0 unspecified atom stereocenters. The predicted molar refractivity (Wildman–Crippen MR) is 35.2 cm³/mol. The molecule has 0 bridgehead atoms. The van der Waals surface area contributed by atoms with Crippen LogP contribution in [0, 0.1) is 5.92 Å². The maximum atomic E-state index is 10.7. The lowest BCUT2D eigenvalue weighted by Gasteiger charge is -2.06. The van der Waals surface area contributed by atoms with E-state index in [4.69, 9.17) is 10.2 Å². The van der Waals surface area contributed by atoms with Crippen LogP contribution < -0.4 is 0 Å². The molecule has 0 aromatic heterocycles. The third-order valence-corrected chi connectivity index (χ3v) is 3.46. The SMILES string of the molecule is O=S1(=O)C[C@H](CO)[C@@H](O)C1. The number of aliphatic hydroxyl groups is 2. The average molecular weight is 166 g/mol. The summed E-state index contributed by atoms with van der Waals surface area (Å²) >= 11 is 0. The lowest BCUT2D eigenvalue weighted by molar-refractivity contribution is 0.104. The Bertz CT molecular complexity index is 208. The Balaban J connectivity index is 2.71. The van der Waals surface area contributed by atoms with Gasteiger partial charge in [-0.3, -0.25) is 0 Å². The zero-order valence-electron chi connectivity index (χ0n) is 5.40. The summed E-state index contributed by atoms with van der Waals surface area (Å²) in [5.74, 6) is -0.742. The van der Waals surface area contributed by atoms with E-state index in [0.29, 0.717) is 0 Å². The highest BCUT2D eigenvalue weighted by molar-refractivity contribution is 7.91. The molecule has 0 radical (unpaired) electrons. The van der Waals surface area contributed by atoms with Gasteiger partial charge in [-0.25, -0.2) is 8.42 Å². The smallest absolute Gasteiger partial charge is 0.153 e. The second-order valence-electron chi connectivity index (χ2n) is 2.59. The normalized spacial score (nSPS) is 38.2. The van der Waals surface area contributed by atoms with Crippen LogP contribution in [-0.2, 0) is 9.84 Å². The Morgan fingerprint density at radius 1 is 1.40 bits per heavy atom. The molecule has 1 saturated heterocycles. The quantitative estimate of drug-likeness (QED) is 0.491. The van der Waals surface area contributed by atoms with Gasteiger partial charge in [0.25, 0.3) is 0 Å². The van der Waals surface area contributed by atoms with Crippen LogP contribution in [0.15, 0.2) is 0 Å². The first-order valence-corrected chi connectivity index (χ1v) is 4.86. The molecule has 0 aliphatic carbocycles. The fourth-order valence-corrected chi connectivity index (χ4v) is 2.98. The van der Waals surface area contributed by atoms with E-state index in [2.05, 4.69) is 0 Å². The van der Waals surface area contributed by atoms with E-state index >= 15 is 0 Å². The van der Waals surface area contributed by atoms with Crippen molar-refractivity contribution >= 4 is 9.84 Å². The first-order chi connectivity index (χ1) is 4.55. The summed E-state index contributed by atoms with van der Waals surface area (Å²) < 4.78 is 21.5. The van der Waals surface area contributed by atoms with Crippen LogP contribution in [0.1, 0.15) is 0 Å². The Labute approximate surface area is 59.4 Å². The van der Waals surface area contributed by atoms with E-state index in [0.717, 1.165) is 0 Å². The minimum Gasteiger partial charge on any atom is -0.396 e. The zero-order valence-corrected chi connectivity index (χ0v) is 6.21. The van der Waals surface area contributed by atoms with Crippen molar-refractivity contribution in [3.05, 3.63) is 0 Å². The molecule has 0 aromatic carbocycles. The van der Waals surface area contributed by atoms with Gasteiger partial charge in [-0.1, -0.05) is 0 Å². The zero-order chi connectivity index (χ0) is 7.78. The first kappa shape index (κ1) is 7.97. The summed E-state index contributed by atoms with van der Waals surface area (Å²) in [5.41, 5.74) is 0. The number of hydrogen-bond donors (Lipinski definition) is 2. The molecular formula is C5H10O4S. The summed E-state index contributed by atoms with van der Waals surface area (Å²) in [6.07, 6.45) is -0.866. The van der Waals surface area contributed by atoms with Crippen molar-refractivity contribution in [1.82, 2.24) is 0 Å². The highest BCUT2D eigenvalue weighted by Crippen LogP contribution is 2.17. The van der Waals surface area contributed by atoms with Crippen molar-refractivity contribution in [3.8, 4) is 0 Å². The predicted octanol–water partition coefficient (Wildman–Crippen LogP) is -1.62. The van der Waals surface area contributed by atoms with E-state index < -0.39 is 21.9 Å². The van der Waals surface area contributed by atoms with Gasteiger partial charge in [0.05, 0.1) is 17.6 Å². The molecule has 1 rings (SSSR count). The lowest BCUT2D eigenvalue weighted by Crippen LogP contribution is -2.20. The van der Waals surface area contributed by atoms with E-state index in [1.165, 1.54) is 0 Å². The van der Waals surface area contributed by atoms with Crippen LogP contribution in [0.2, 0.25) is 0 Å². The van der Waals surface area contributed by atoms with Crippen LogP contribution >= 0.6 is 0 Å². The minimum atomic E-state index is -3.07. The van der Waals surface area contributed by atoms with Gasteiger partial charge in [-0.15, -0.1) is 0 Å². The van der Waals surface area contributed by atoms with Gasteiger partial charge >= 0.3 is 0 Å². The van der Waals surface area contributed by atoms with Crippen molar-refractivity contribution in [2.75, 3.05) is 18.1 Å². The fourth-order valence-electron chi connectivity index (χ4n) is 1.08. The molecule has 0 aromatic rings. The molecule has 60 valence electrons. The number of hydrogen-bond acceptors (Lipinski definition) is 4. The molecule has 0 amide bonds. The van der Waals surface area contributed by atoms with E-state index in [1.54, 1.807) is 0 Å². The van der Waals surface area contributed by atoms with Gasteiger partial charge in [0.15, 0.2) is 9.84 Å². The number of rotatable bonds is 1. The van der Waals surface area contributed by atoms with E-state index in [1.807, 2.05) is 0 Å². The largest absolute Gasteiger partial charge is 0.396 e. The minimum absolute atomic E-state index is 0.0787. The van der Waals surface area contributed by atoms with Crippen LogP contribution in [0.25, 0.3) is 0 Å². The van der Waals surface area contributed by atoms with E-state index in [-0.39, 0.29) is 18.1 Å². The third kappa shape index (κ3) is 1.47. The summed E-state index contributed by atoms with van der Waals surface area (Å²) in [7, 11) is -3.07. The summed E-state index contributed by atoms with van der Waals surface area (Å²) in [5, 5.41) is 17.5. The van der Waals surface area contributed by atoms with Gasteiger partial charge in [0, 0.05) is 12.5 Å². The third-order valence-electron chi connectivity index (χ3n) is 1.67. The molecule has 10 heavy (non-hydrogen) atoms. The molecule has 2 N–H and O–H groups in total. The highest BCUT2D eigenvalue weighted by Gasteiger charge is 2.35. The Hall–Kier alpha value is -0.130. The average Bonchev–Trinajstić information content (AvgIpc) is 2.05. The summed E-state index contributed by atoms with van der Waals surface area (Å²) in [6, 6.07) is 0. The highest BCUT2D eigenvalue weighted by atomic mass is 32.2.